The van der Waals surface area contributed by atoms with Crippen molar-refractivity contribution in [3.05, 3.63) is 83.4 Å². The Balaban J connectivity index is 1.66. The second-order valence-corrected chi connectivity index (χ2v) is 11.0. The van der Waals surface area contributed by atoms with E-state index >= 15 is 0 Å². The summed E-state index contributed by atoms with van der Waals surface area (Å²) in [6.45, 7) is 2.19. The van der Waals surface area contributed by atoms with Crippen LogP contribution in [0.25, 0.3) is 11.1 Å². The third-order valence-corrected chi connectivity index (χ3v) is 9.35. The predicted molar refractivity (Wildman–Crippen MR) is 132 cm³/mol. The van der Waals surface area contributed by atoms with E-state index in [-0.39, 0.29) is 24.6 Å². The predicted octanol–water partition coefficient (Wildman–Crippen LogP) is 4.10. The van der Waals surface area contributed by atoms with Crippen molar-refractivity contribution < 1.29 is 13.5 Å². The van der Waals surface area contributed by atoms with E-state index < -0.39 is 10.0 Å². The maximum Gasteiger partial charge on any atom is 0.243 e. The zero-order chi connectivity index (χ0) is 24.0. The van der Waals surface area contributed by atoms with Crippen molar-refractivity contribution >= 4 is 15.7 Å². The minimum atomic E-state index is -3.73. The van der Waals surface area contributed by atoms with Gasteiger partial charge in [-0.2, -0.15) is 9.57 Å². The largest absolute Gasteiger partial charge is 0.394 e. The molecule has 2 aliphatic heterocycles. The van der Waals surface area contributed by atoms with Crippen LogP contribution in [-0.2, 0) is 10.0 Å². The van der Waals surface area contributed by atoms with Crippen LogP contribution >= 0.6 is 0 Å². The molecule has 174 valence electrons. The summed E-state index contributed by atoms with van der Waals surface area (Å²) in [6, 6.07) is 22.2. The van der Waals surface area contributed by atoms with Crippen molar-refractivity contribution in [1.29, 1.82) is 5.26 Å². The third kappa shape index (κ3) is 3.50. The zero-order valence-electron chi connectivity index (χ0n) is 19.2. The van der Waals surface area contributed by atoms with Crippen molar-refractivity contribution in [2.45, 2.75) is 30.3 Å². The normalized spacial score (nSPS) is 22.2. The van der Waals surface area contributed by atoms with Gasteiger partial charge in [-0.1, -0.05) is 36.4 Å². The van der Waals surface area contributed by atoms with E-state index in [0.717, 1.165) is 27.9 Å². The Morgan fingerprint density at radius 3 is 2.56 bits per heavy atom. The number of aliphatic hydroxyl groups is 1. The molecule has 1 saturated heterocycles. The summed E-state index contributed by atoms with van der Waals surface area (Å²) in [6.07, 6.45) is 0.679. The average molecular weight is 474 g/mol. The van der Waals surface area contributed by atoms with Gasteiger partial charge in [-0.05, 0) is 65.9 Å². The fourth-order valence-corrected chi connectivity index (χ4v) is 7.49. The van der Waals surface area contributed by atoms with Gasteiger partial charge in [0.2, 0.25) is 10.0 Å². The molecule has 3 aromatic rings. The van der Waals surface area contributed by atoms with Gasteiger partial charge in [0.25, 0.3) is 0 Å². The van der Waals surface area contributed by atoms with Crippen molar-refractivity contribution in [2.75, 3.05) is 25.1 Å². The number of sulfonamides is 1. The van der Waals surface area contributed by atoms with Crippen LogP contribution in [-0.4, -0.2) is 44.1 Å². The molecular weight excluding hydrogens is 446 g/mol. The maximum absolute atomic E-state index is 13.8. The Labute approximate surface area is 200 Å². The summed E-state index contributed by atoms with van der Waals surface area (Å²) in [7, 11) is -1.77. The van der Waals surface area contributed by atoms with Gasteiger partial charge in [-0.15, -0.1) is 0 Å². The van der Waals surface area contributed by atoms with E-state index in [0.29, 0.717) is 23.4 Å². The number of likely N-dealkylation sites (N-methyl/N-ethyl adjacent to an activating group) is 1. The van der Waals surface area contributed by atoms with Crippen LogP contribution in [0.5, 0.6) is 0 Å². The van der Waals surface area contributed by atoms with Crippen LogP contribution in [0.4, 0.5) is 5.69 Å². The highest BCUT2D eigenvalue weighted by Gasteiger charge is 2.50. The van der Waals surface area contributed by atoms with Gasteiger partial charge in [0.05, 0.1) is 35.2 Å². The molecule has 2 heterocycles. The number of hydrogen-bond acceptors (Lipinski definition) is 5. The molecule has 7 heteroatoms. The van der Waals surface area contributed by atoms with Crippen LogP contribution in [0.3, 0.4) is 0 Å². The molecular formula is C27H27N3O3S. The fourth-order valence-electron chi connectivity index (χ4n) is 5.60. The van der Waals surface area contributed by atoms with E-state index in [1.165, 1.54) is 0 Å². The summed E-state index contributed by atoms with van der Waals surface area (Å²) < 4.78 is 29.3. The van der Waals surface area contributed by atoms with Gasteiger partial charge < -0.3 is 10.0 Å². The lowest BCUT2D eigenvalue weighted by molar-refractivity contribution is 0.193. The SMILES string of the molecule is Cc1ccccc1S(=O)(=O)N1CC[C@@H]2[C@H]1c1cc(-c3cccc(C#N)c3)ccc1N(C)[C@H]2CO. The Morgan fingerprint density at radius 1 is 1.06 bits per heavy atom. The first-order chi connectivity index (χ1) is 16.4. The van der Waals surface area contributed by atoms with Crippen molar-refractivity contribution in [3.63, 3.8) is 0 Å². The molecule has 1 N–H and O–H groups in total. The maximum atomic E-state index is 13.8. The Kier molecular flexibility index (Phi) is 5.68. The molecule has 3 aromatic carbocycles. The zero-order valence-corrected chi connectivity index (χ0v) is 20.0. The van der Waals surface area contributed by atoms with Gasteiger partial charge in [0.1, 0.15) is 0 Å². The molecule has 2 aliphatic rings. The van der Waals surface area contributed by atoms with Crippen LogP contribution < -0.4 is 4.90 Å². The molecule has 5 rings (SSSR count). The van der Waals surface area contributed by atoms with E-state index in [9.17, 15) is 18.8 Å². The first-order valence-electron chi connectivity index (χ1n) is 11.4. The van der Waals surface area contributed by atoms with Crippen LogP contribution in [0.15, 0.2) is 71.6 Å². The summed E-state index contributed by atoms with van der Waals surface area (Å²) in [5.41, 5.74) is 5.01. The molecule has 0 amide bonds. The first-order valence-corrected chi connectivity index (χ1v) is 12.9. The van der Waals surface area contributed by atoms with Crippen LogP contribution in [0.2, 0.25) is 0 Å². The number of fused-ring (bicyclic) bond motifs is 3. The van der Waals surface area contributed by atoms with Gasteiger partial charge >= 0.3 is 0 Å². The average Bonchev–Trinajstić information content (AvgIpc) is 3.30. The van der Waals surface area contributed by atoms with Gasteiger partial charge in [0, 0.05) is 25.2 Å². The Bertz CT molecular complexity index is 1400. The van der Waals surface area contributed by atoms with E-state index in [1.807, 2.05) is 56.4 Å². The fraction of sp³-hybridized carbons (Fsp3) is 0.296. The lowest BCUT2D eigenvalue weighted by Gasteiger charge is -2.44. The molecule has 3 atom stereocenters. The van der Waals surface area contributed by atoms with Gasteiger partial charge in [-0.25, -0.2) is 8.42 Å². The Morgan fingerprint density at radius 2 is 1.82 bits per heavy atom. The standard InChI is InChI=1S/C27H27N3O3S/c1-18-6-3-4-9-26(18)34(32,33)30-13-12-22-25(17-31)29(2)24-11-10-21(15-23(24)27(22)30)20-8-5-7-19(14-20)16-28/h3-11,14-15,22,25,27,31H,12-13,17H2,1-2H3/t22-,25-,27-/m0/s1. The first kappa shape index (κ1) is 22.6. The molecule has 0 radical (unpaired) electrons. The second-order valence-electron chi connectivity index (χ2n) is 9.11. The summed E-state index contributed by atoms with van der Waals surface area (Å²) in [4.78, 5) is 2.41. The molecule has 0 saturated carbocycles. The molecule has 0 bridgehead atoms. The molecule has 0 spiro atoms. The lowest BCUT2D eigenvalue weighted by atomic mass is 9.81. The number of anilines is 1. The molecule has 0 unspecified atom stereocenters. The number of hydrogen-bond donors (Lipinski definition) is 1. The Hall–Kier alpha value is -3.18. The molecule has 34 heavy (non-hydrogen) atoms. The van der Waals surface area contributed by atoms with Gasteiger partial charge in [0.15, 0.2) is 0 Å². The molecule has 0 aromatic heterocycles. The number of aryl methyl sites for hydroxylation is 1. The number of benzene rings is 3. The van der Waals surface area contributed by atoms with E-state index in [1.54, 1.807) is 22.5 Å². The molecule has 0 aliphatic carbocycles. The second kappa shape index (κ2) is 8.55. The quantitative estimate of drug-likeness (QED) is 0.617. The molecule has 6 nitrogen and oxygen atoms in total. The highest BCUT2D eigenvalue weighted by atomic mass is 32.2. The van der Waals surface area contributed by atoms with Crippen LogP contribution in [0, 0.1) is 24.2 Å². The minimum absolute atomic E-state index is 0.0259. The van der Waals surface area contributed by atoms with Crippen molar-refractivity contribution in [2.24, 2.45) is 5.92 Å². The number of nitrogens with zero attached hydrogens (tertiary/aromatic N) is 3. The van der Waals surface area contributed by atoms with E-state index in [4.69, 9.17) is 0 Å². The minimum Gasteiger partial charge on any atom is -0.394 e. The summed E-state index contributed by atoms with van der Waals surface area (Å²) in [5.74, 6) is -0.0259. The number of rotatable bonds is 4. The smallest absolute Gasteiger partial charge is 0.243 e. The summed E-state index contributed by atoms with van der Waals surface area (Å²) >= 11 is 0. The summed E-state index contributed by atoms with van der Waals surface area (Å²) in [5, 5.41) is 19.6. The van der Waals surface area contributed by atoms with Crippen LogP contribution in [0.1, 0.15) is 29.2 Å². The number of aliphatic hydroxyl groups excluding tert-OH is 1. The van der Waals surface area contributed by atoms with Crippen molar-refractivity contribution in [1.82, 2.24) is 4.31 Å². The topological polar surface area (TPSA) is 84.6 Å². The monoisotopic (exact) mass is 473 g/mol. The van der Waals surface area contributed by atoms with Crippen molar-refractivity contribution in [3.8, 4) is 17.2 Å². The molecule has 1 fully saturated rings. The number of nitriles is 1. The van der Waals surface area contributed by atoms with Gasteiger partial charge in [-0.3, -0.25) is 0 Å². The lowest BCUT2D eigenvalue weighted by Crippen LogP contribution is -2.48. The highest BCUT2D eigenvalue weighted by molar-refractivity contribution is 7.89. The highest BCUT2D eigenvalue weighted by Crippen LogP contribution is 2.51. The van der Waals surface area contributed by atoms with E-state index in [2.05, 4.69) is 17.0 Å². The third-order valence-electron chi connectivity index (χ3n) is 7.31.